The van der Waals surface area contributed by atoms with Crippen molar-refractivity contribution in [2.45, 2.75) is 13.3 Å². The molecule has 1 aromatic heterocycles. The first-order valence-electron chi connectivity index (χ1n) is 7.57. The number of carbonyl (C=O) groups excluding carboxylic acids is 1. The number of amides is 2. The Hall–Kier alpha value is -2.46. The van der Waals surface area contributed by atoms with Gasteiger partial charge >= 0.3 is 6.03 Å². The van der Waals surface area contributed by atoms with Gasteiger partial charge in [0.25, 0.3) is 0 Å². The van der Waals surface area contributed by atoms with Crippen molar-refractivity contribution in [3.05, 3.63) is 58.7 Å². The van der Waals surface area contributed by atoms with Crippen molar-refractivity contribution in [1.29, 1.82) is 0 Å². The molecule has 0 saturated heterocycles. The van der Waals surface area contributed by atoms with Gasteiger partial charge in [0.2, 0.25) is 0 Å². The fourth-order valence-corrected chi connectivity index (χ4v) is 3.40. The van der Waals surface area contributed by atoms with E-state index in [0.717, 1.165) is 44.8 Å². The summed E-state index contributed by atoms with van der Waals surface area (Å²) < 4.78 is 0. The summed E-state index contributed by atoms with van der Waals surface area (Å²) in [4.78, 5) is 17.6. The highest BCUT2D eigenvalue weighted by Gasteiger charge is 2.26. The van der Waals surface area contributed by atoms with E-state index < -0.39 is 0 Å². The summed E-state index contributed by atoms with van der Waals surface area (Å²) in [5, 5.41) is 4.88. The number of anilines is 2. The molecule has 2 aromatic carbocycles. The van der Waals surface area contributed by atoms with Crippen LogP contribution in [0.25, 0.3) is 10.9 Å². The smallest absolute Gasteiger partial charge is 0.326 e. The zero-order chi connectivity index (χ0) is 16.0. The molecule has 0 aliphatic carbocycles. The first-order valence-corrected chi connectivity index (χ1v) is 7.95. The van der Waals surface area contributed by atoms with Crippen molar-refractivity contribution < 1.29 is 4.79 Å². The minimum Gasteiger partial charge on any atom is -0.361 e. The number of halogens is 1. The zero-order valence-corrected chi connectivity index (χ0v) is 13.4. The lowest BCUT2D eigenvalue weighted by Gasteiger charge is -2.19. The van der Waals surface area contributed by atoms with Crippen molar-refractivity contribution in [3.63, 3.8) is 0 Å². The van der Waals surface area contributed by atoms with Gasteiger partial charge in [0, 0.05) is 29.0 Å². The predicted octanol–water partition coefficient (Wildman–Crippen LogP) is 4.72. The molecule has 3 aromatic rings. The Bertz CT molecular complexity index is 916. The fourth-order valence-electron chi connectivity index (χ4n) is 3.13. The number of rotatable bonds is 1. The summed E-state index contributed by atoms with van der Waals surface area (Å²) in [6, 6.07) is 11.6. The maximum Gasteiger partial charge on any atom is 0.326 e. The predicted molar refractivity (Wildman–Crippen MR) is 94.6 cm³/mol. The Labute approximate surface area is 139 Å². The topological polar surface area (TPSA) is 48.1 Å². The summed E-state index contributed by atoms with van der Waals surface area (Å²) in [5.41, 5.74) is 4.81. The number of fused-ring (bicyclic) bond motifs is 2. The Balaban J connectivity index is 1.63. The van der Waals surface area contributed by atoms with Gasteiger partial charge in [-0.15, -0.1) is 0 Å². The number of benzene rings is 2. The van der Waals surface area contributed by atoms with Crippen molar-refractivity contribution in [2.75, 3.05) is 16.8 Å². The van der Waals surface area contributed by atoms with Crippen LogP contribution in [0.1, 0.15) is 11.1 Å². The van der Waals surface area contributed by atoms with Crippen LogP contribution in [0.2, 0.25) is 5.02 Å². The average Bonchev–Trinajstić information content (AvgIpc) is 3.14. The number of hydrogen-bond donors (Lipinski definition) is 2. The quantitative estimate of drug-likeness (QED) is 0.668. The SMILES string of the molecule is Cc1cc2cc[nH]c2cc1NC(=O)N1CCc2c(Cl)cccc21. The van der Waals surface area contributed by atoms with Crippen LogP contribution in [-0.4, -0.2) is 17.6 Å². The molecule has 23 heavy (non-hydrogen) atoms. The number of H-pyrrole nitrogens is 1. The summed E-state index contributed by atoms with van der Waals surface area (Å²) in [5.74, 6) is 0. The number of aryl methyl sites for hydroxylation is 1. The normalized spacial score (nSPS) is 13.4. The van der Waals surface area contributed by atoms with Crippen LogP contribution in [0.3, 0.4) is 0 Å². The molecule has 5 heteroatoms. The van der Waals surface area contributed by atoms with Gasteiger partial charge in [-0.1, -0.05) is 17.7 Å². The maximum absolute atomic E-state index is 12.7. The highest BCUT2D eigenvalue weighted by Crippen LogP contribution is 2.34. The second kappa shape index (κ2) is 5.32. The molecule has 2 N–H and O–H groups in total. The van der Waals surface area contributed by atoms with Crippen LogP contribution >= 0.6 is 11.6 Å². The van der Waals surface area contributed by atoms with Gasteiger partial charge in [0.1, 0.15) is 0 Å². The molecule has 0 fully saturated rings. The first kappa shape index (κ1) is 14.2. The second-order valence-corrected chi connectivity index (χ2v) is 6.21. The number of nitrogens with one attached hydrogen (secondary N) is 2. The molecule has 1 aliphatic heterocycles. The summed E-state index contributed by atoms with van der Waals surface area (Å²) in [6.45, 7) is 2.64. The number of carbonyl (C=O) groups is 1. The van der Waals surface area contributed by atoms with E-state index in [2.05, 4.69) is 16.4 Å². The van der Waals surface area contributed by atoms with Gasteiger partial charge < -0.3 is 10.3 Å². The molecule has 0 spiro atoms. The van der Waals surface area contributed by atoms with Crippen LogP contribution in [0.4, 0.5) is 16.2 Å². The molecule has 0 bridgehead atoms. The minimum atomic E-state index is -0.125. The Morgan fingerprint density at radius 1 is 1.30 bits per heavy atom. The third-order valence-electron chi connectivity index (χ3n) is 4.36. The molecular weight excluding hydrogens is 310 g/mol. The molecule has 116 valence electrons. The fraction of sp³-hybridized carbons (Fsp3) is 0.167. The number of nitrogens with zero attached hydrogens (tertiary/aromatic N) is 1. The molecule has 0 atom stereocenters. The molecule has 0 unspecified atom stereocenters. The van der Waals surface area contributed by atoms with E-state index >= 15 is 0 Å². The standard InChI is InChI=1S/C18H16ClN3O/c1-11-9-12-5-7-20-16(12)10-15(11)21-18(23)22-8-6-13-14(19)3-2-4-17(13)22/h2-5,7,9-10,20H,6,8H2,1H3,(H,21,23). The lowest BCUT2D eigenvalue weighted by molar-refractivity contribution is 0.257. The highest BCUT2D eigenvalue weighted by atomic mass is 35.5. The summed E-state index contributed by atoms with van der Waals surface area (Å²) >= 11 is 6.22. The van der Waals surface area contributed by atoms with Crippen LogP contribution in [-0.2, 0) is 6.42 Å². The van der Waals surface area contributed by atoms with Gasteiger partial charge in [0.05, 0.1) is 5.69 Å². The largest absolute Gasteiger partial charge is 0.361 e. The van der Waals surface area contributed by atoms with Crippen LogP contribution in [0.5, 0.6) is 0 Å². The molecule has 4 rings (SSSR count). The number of aromatic amines is 1. The van der Waals surface area contributed by atoms with Gasteiger partial charge in [-0.05, 0) is 60.2 Å². The zero-order valence-electron chi connectivity index (χ0n) is 12.7. The summed E-state index contributed by atoms with van der Waals surface area (Å²) in [6.07, 6.45) is 2.69. The van der Waals surface area contributed by atoms with Crippen LogP contribution < -0.4 is 10.2 Å². The molecule has 2 amide bonds. The van der Waals surface area contributed by atoms with Gasteiger partial charge in [-0.25, -0.2) is 4.79 Å². The molecule has 1 aliphatic rings. The Morgan fingerprint density at radius 2 is 2.17 bits per heavy atom. The monoisotopic (exact) mass is 325 g/mol. The Morgan fingerprint density at radius 3 is 3.04 bits per heavy atom. The van der Waals surface area contributed by atoms with Crippen LogP contribution in [0.15, 0.2) is 42.6 Å². The molecule has 0 radical (unpaired) electrons. The van der Waals surface area contributed by atoms with E-state index in [4.69, 9.17) is 11.6 Å². The van der Waals surface area contributed by atoms with E-state index in [-0.39, 0.29) is 6.03 Å². The summed E-state index contributed by atoms with van der Waals surface area (Å²) in [7, 11) is 0. The lowest BCUT2D eigenvalue weighted by Crippen LogP contribution is -2.33. The van der Waals surface area contributed by atoms with Crippen molar-refractivity contribution in [1.82, 2.24) is 4.98 Å². The second-order valence-electron chi connectivity index (χ2n) is 5.80. The maximum atomic E-state index is 12.7. The van der Waals surface area contributed by atoms with Crippen LogP contribution in [0, 0.1) is 6.92 Å². The lowest BCUT2D eigenvalue weighted by atomic mass is 10.1. The molecule has 4 nitrogen and oxygen atoms in total. The van der Waals surface area contributed by atoms with Gasteiger partial charge in [0.15, 0.2) is 0 Å². The van der Waals surface area contributed by atoms with E-state index in [1.807, 2.05) is 43.5 Å². The molecular formula is C18H16ClN3O. The van der Waals surface area contributed by atoms with E-state index in [1.165, 1.54) is 0 Å². The van der Waals surface area contributed by atoms with Crippen molar-refractivity contribution >= 4 is 39.9 Å². The molecule has 0 saturated carbocycles. The minimum absolute atomic E-state index is 0.125. The van der Waals surface area contributed by atoms with Crippen molar-refractivity contribution in [3.8, 4) is 0 Å². The third kappa shape index (κ3) is 2.35. The van der Waals surface area contributed by atoms with E-state index in [0.29, 0.717) is 6.54 Å². The average molecular weight is 326 g/mol. The molecule has 2 heterocycles. The number of hydrogen-bond acceptors (Lipinski definition) is 1. The number of urea groups is 1. The van der Waals surface area contributed by atoms with Crippen molar-refractivity contribution in [2.24, 2.45) is 0 Å². The van der Waals surface area contributed by atoms with E-state index in [9.17, 15) is 4.79 Å². The van der Waals surface area contributed by atoms with Gasteiger partial charge in [-0.2, -0.15) is 0 Å². The first-order chi connectivity index (χ1) is 11.1. The number of aromatic nitrogens is 1. The van der Waals surface area contributed by atoms with Gasteiger partial charge in [-0.3, -0.25) is 4.90 Å². The highest BCUT2D eigenvalue weighted by molar-refractivity contribution is 6.32. The van der Waals surface area contributed by atoms with E-state index in [1.54, 1.807) is 4.90 Å². The third-order valence-corrected chi connectivity index (χ3v) is 4.71. The Kier molecular flexibility index (Phi) is 3.27.